The van der Waals surface area contributed by atoms with Crippen LogP contribution in [0, 0.1) is 22.7 Å². The Hall–Kier alpha value is -3.91. The lowest BCUT2D eigenvalue weighted by atomic mass is 9.96. The van der Waals surface area contributed by atoms with Crippen molar-refractivity contribution in [3.05, 3.63) is 51.6 Å². The summed E-state index contributed by atoms with van der Waals surface area (Å²) < 4.78 is 5.49. The number of hydrogen-bond donors (Lipinski definition) is 2. The van der Waals surface area contributed by atoms with E-state index in [-0.39, 0.29) is 22.5 Å². The zero-order valence-corrected chi connectivity index (χ0v) is 13.2. The molecular formula is C17H12N6O2. The summed E-state index contributed by atoms with van der Waals surface area (Å²) in [6, 6.07) is 10.5. The van der Waals surface area contributed by atoms with Gasteiger partial charge < -0.3 is 15.1 Å². The molecule has 3 rings (SSSR count). The molecule has 0 aliphatic heterocycles. The van der Waals surface area contributed by atoms with Gasteiger partial charge in [0.1, 0.15) is 29.1 Å². The minimum absolute atomic E-state index is 0.0509. The molecule has 0 unspecified atom stereocenters. The lowest BCUT2D eigenvalue weighted by Crippen LogP contribution is -2.16. The van der Waals surface area contributed by atoms with Crippen molar-refractivity contribution < 1.29 is 4.42 Å². The number of nitriles is 2. The maximum atomic E-state index is 12.0. The second-order valence-electron chi connectivity index (χ2n) is 5.15. The Kier molecular flexibility index (Phi) is 4.02. The SMILES string of the molecule is CCc1nnc(-c2ccc(-c3c(C#N)c(N)[nH]c(=O)c3C#N)cc2)o1. The number of aromatic amines is 1. The van der Waals surface area contributed by atoms with Crippen molar-refractivity contribution in [2.24, 2.45) is 0 Å². The number of aromatic nitrogens is 3. The van der Waals surface area contributed by atoms with Gasteiger partial charge in [-0.15, -0.1) is 10.2 Å². The predicted octanol–water partition coefficient (Wildman–Crippen LogP) is 1.98. The van der Waals surface area contributed by atoms with Crippen molar-refractivity contribution in [3.8, 4) is 34.7 Å². The van der Waals surface area contributed by atoms with Gasteiger partial charge in [-0.1, -0.05) is 19.1 Å². The molecule has 3 N–H and O–H groups in total. The Morgan fingerprint density at radius 2 is 1.76 bits per heavy atom. The van der Waals surface area contributed by atoms with Gasteiger partial charge in [0.15, 0.2) is 0 Å². The summed E-state index contributed by atoms with van der Waals surface area (Å²) in [5.74, 6) is 0.824. The fourth-order valence-corrected chi connectivity index (χ4v) is 2.42. The van der Waals surface area contributed by atoms with Gasteiger partial charge in [0.25, 0.3) is 5.56 Å². The van der Waals surface area contributed by atoms with Gasteiger partial charge in [0, 0.05) is 17.5 Å². The van der Waals surface area contributed by atoms with Crippen LogP contribution in [0.25, 0.3) is 22.6 Å². The molecule has 3 aromatic rings. The topological polar surface area (TPSA) is 145 Å². The Morgan fingerprint density at radius 3 is 2.32 bits per heavy atom. The predicted molar refractivity (Wildman–Crippen MR) is 89.0 cm³/mol. The highest BCUT2D eigenvalue weighted by molar-refractivity contribution is 5.80. The van der Waals surface area contributed by atoms with E-state index < -0.39 is 5.56 Å². The van der Waals surface area contributed by atoms with E-state index in [1.807, 2.05) is 19.1 Å². The van der Waals surface area contributed by atoms with E-state index in [2.05, 4.69) is 15.2 Å². The number of rotatable bonds is 3. The number of pyridine rings is 1. The van der Waals surface area contributed by atoms with E-state index in [1.165, 1.54) is 0 Å². The molecule has 0 aliphatic carbocycles. The summed E-state index contributed by atoms with van der Waals surface area (Å²) in [6.45, 7) is 1.91. The van der Waals surface area contributed by atoms with Crippen molar-refractivity contribution in [2.45, 2.75) is 13.3 Å². The Labute approximate surface area is 142 Å². The molecule has 0 fully saturated rings. The van der Waals surface area contributed by atoms with Crippen molar-refractivity contribution >= 4 is 5.82 Å². The van der Waals surface area contributed by atoms with Crippen molar-refractivity contribution in [3.63, 3.8) is 0 Å². The monoisotopic (exact) mass is 332 g/mol. The molecule has 2 aromatic heterocycles. The van der Waals surface area contributed by atoms with Gasteiger partial charge in [-0.3, -0.25) is 4.79 Å². The third-order valence-corrected chi connectivity index (χ3v) is 3.66. The second-order valence-corrected chi connectivity index (χ2v) is 5.15. The van der Waals surface area contributed by atoms with Crippen molar-refractivity contribution in [1.82, 2.24) is 15.2 Å². The molecule has 122 valence electrons. The molecule has 0 radical (unpaired) electrons. The number of benzene rings is 1. The molecule has 1 aromatic carbocycles. The number of nitrogens with zero attached hydrogens (tertiary/aromatic N) is 4. The van der Waals surface area contributed by atoms with E-state index in [0.29, 0.717) is 29.3 Å². The van der Waals surface area contributed by atoms with E-state index in [4.69, 9.17) is 10.2 Å². The first-order valence-electron chi connectivity index (χ1n) is 7.38. The smallest absolute Gasteiger partial charge is 0.268 e. The highest BCUT2D eigenvalue weighted by Crippen LogP contribution is 2.29. The number of aryl methyl sites for hydroxylation is 1. The molecule has 0 bridgehead atoms. The summed E-state index contributed by atoms with van der Waals surface area (Å²) >= 11 is 0. The summed E-state index contributed by atoms with van der Waals surface area (Å²) in [4.78, 5) is 14.3. The molecule has 8 nitrogen and oxygen atoms in total. The molecule has 0 aliphatic rings. The lowest BCUT2D eigenvalue weighted by Gasteiger charge is -2.09. The average molecular weight is 332 g/mol. The third kappa shape index (κ3) is 2.73. The molecule has 0 saturated heterocycles. The fraction of sp³-hybridized carbons (Fsp3) is 0.118. The average Bonchev–Trinajstić information content (AvgIpc) is 3.10. The third-order valence-electron chi connectivity index (χ3n) is 3.66. The van der Waals surface area contributed by atoms with E-state index in [1.54, 1.807) is 24.3 Å². The normalized spacial score (nSPS) is 10.2. The quantitative estimate of drug-likeness (QED) is 0.745. The number of H-pyrrole nitrogens is 1. The van der Waals surface area contributed by atoms with Crippen LogP contribution in [-0.4, -0.2) is 15.2 Å². The minimum Gasteiger partial charge on any atom is -0.421 e. The summed E-state index contributed by atoms with van der Waals surface area (Å²) in [5, 5.41) is 26.5. The maximum Gasteiger partial charge on any atom is 0.268 e. The molecule has 0 atom stereocenters. The Morgan fingerprint density at radius 1 is 1.12 bits per heavy atom. The molecule has 0 saturated carbocycles. The highest BCUT2D eigenvalue weighted by atomic mass is 16.4. The van der Waals surface area contributed by atoms with Crippen LogP contribution in [0.1, 0.15) is 23.9 Å². The van der Waals surface area contributed by atoms with Gasteiger partial charge in [-0.05, 0) is 17.7 Å². The van der Waals surface area contributed by atoms with Crippen LogP contribution < -0.4 is 11.3 Å². The van der Waals surface area contributed by atoms with Crippen molar-refractivity contribution in [1.29, 1.82) is 10.5 Å². The van der Waals surface area contributed by atoms with Gasteiger partial charge in [0.2, 0.25) is 11.8 Å². The molecular weight excluding hydrogens is 320 g/mol. The van der Waals surface area contributed by atoms with Crippen LogP contribution in [0.5, 0.6) is 0 Å². The van der Waals surface area contributed by atoms with E-state index in [9.17, 15) is 15.3 Å². The first kappa shape index (κ1) is 16.0. The molecule has 0 amide bonds. The van der Waals surface area contributed by atoms with Crippen LogP contribution in [0.2, 0.25) is 0 Å². The second kappa shape index (κ2) is 6.30. The largest absolute Gasteiger partial charge is 0.421 e. The van der Waals surface area contributed by atoms with E-state index >= 15 is 0 Å². The first-order chi connectivity index (χ1) is 12.1. The molecule has 0 spiro atoms. The number of hydrogen-bond acceptors (Lipinski definition) is 7. The minimum atomic E-state index is -0.637. The molecule has 25 heavy (non-hydrogen) atoms. The first-order valence-corrected chi connectivity index (χ1v) is 7.38. The maximum absolute atomic E-state index is 12.0. The molecule has 2 heterocycles. The van der Waals surface area contributed by atoms with Crippen LogP contribution >= 0.6 is 0 Å². The lowest BCUT2D eigenvalue weighted by molar-refractivity contribution is 0.513. The number of nitrogens with one attached hydrogen (secondary N) is 1. The summed E-state index contributed by atoms with van der Waals surface area (Å²) in [7, 11) is 0. The Bertz CT molecular complexity index is 1080. The van der Waals surface area contributed by atoms with Crippen LogP contribution in [-0.2, 0) is 6.42 Å². The van der Waals surface area contributed by atoms with Gasteiger partial charge >= 0.3 is 0 Å². The summed E-state index contributed by atoms with van der Waals surface area (Å²) in [5.41, 5.74) is 6.37. The summed E-state index contributed by atoms with van der Waals surface area (Å²) in [6.07, 6.45) is 0.633. The number of anilines is 1. The number of nitrogens with two attached hydrogens (primary N) is 1. The van der Waals surface area contributed by atoms with Gasteiger partial charge in [-0.25, -0.2) is 0 Å². The Balaban J connectivity index is 2.14. The highest BCUT2D eigenvalue weighted by Gasteiger charge is 2.18. The van der Waals surface area contributed by atoms with E-state index in [0.717, 1.165) is 0 Å². The zero-order valence-electron chi connectivity index (χ0n) is 13.2. The number of nitrogen functional groups attached to an aromatic ring is 1. The van der Waals surface area contributed by atoms with Gasteiger partial charge in [-0.2, -0.15) is 10.5 Å². The van der Waals surface area contributed by atoms with Crippen LogP contribution in [0.4, 0.5) is 5.82 Å². The van der Waals surface area contributed by atoms with Crippen LogP contribution in [0.15, 0.2) is 33.5 Å². The fourth-order valence-electron chi connectivity index (χ4n) is 2.42. The molecule has 8 heteroatoms. The van der Waals surface area contributed by atoms with Gasteiger partial charge in [0.05, 0.1) is 0 Å². The standard InChI is InChI=1S/C17H12N6O2/c1-2-13-22-23-17(25-13)10-5-3-9(4-6-10)14-11(7-18)15(20)21-16(24)12(14)8-19/h3-6H,2H2,1H3,(H3,20,21,24). The zero-order chi connectivity index (χ0) is 18.0. The van der Waals surface area contributed by atoms with Crippen LogP contribution in [0.3, 0.4) is 0 Å². The van der Waals surface area contributed by atoms with Crippen molar-refractivity contribution in [2.75, 3.05) is 5.73 Å².